The number of alkyl halides is 7. The van der Waals surface area contributed by atoms with Crippen molar-refractivity contribution in [1.82, 2.24) is 14.3 Å². The van der Waals surface area contributed by atoms with Gasteiger partial charge in [0, 0.05) is 23.9 Å². The highest BCUT2D eigenvalue weighted by molar-refractivity contribution is 9.10. The summed E-state index contributed by atoms with van der Waals surface area (Å²) in [4.78, 5) is 0. The van der Waals surface area contributed by atoms with Crippen molar-refractivity contribution in [3.8, 4) is 23.0 Å². The van der Waals surface area contributed by atoms with Gasteiger partial charge in [-0.05, 0) is 58.1 Å². The van der Waals surface area contributed by atoms with Crippen molar-refractivity contribution in [3.05, 3.63) is 57.4 Å². The highest BCUT2D eigenvalue weighted by atomic mass is 79.9. The van der Waals surface area contributed by atoms with Crippen molar-refractivity contribution in [3.63, 3.8) is 0 Å². The van der Waals surface area contributed by atoms with E-state index in [2.05, 4.69) is 27.1 Å². The molecular weight excluding hydrogens is 585 g/mol. The number of benzene rings is 1. The SMILES string of the molecule is COCn1c(C(F)(C(F)(F)F)C(F)(F)F)cc(Br)c1-n1cc(-c2ccc(Cl)c(C3(C#N)CC3)c2)cn1. The molecule has 0 spiro atoms. The van der Waals surface area contributed by atoms with Crippen molar-refractivity contribution in [2.75, 3.05) is 7.11 Å². The van der Waals surface area contributed by atoms with Gasteiger partial charge in [-0.25, -0.2) is 9.07 Å². The van der Waals surface area contributed by atoms with Crippen molar-refractivity contribution < 1.29 is 35.5 Å². The van der Waals surface area contributed by atoms with Gasteiger partial charge in [-0.3, -0.25) is 0 Å². The minimum absolute atomic E-state index is 0.280. The number of halogens is 9. The maximum Gasteiger partial charge on any atom is 0.437 e. The van der Waals surface area contributed by atoms with Crippen LogP contribution in [0, 0.1) is 11.3 Å². The summed E-state index contributed by atoms with van der Waals surface area (Å²) in [6.45, 7) is -0.834. The van der Waals surface area contributed by atoms with E-state index in [1.807, 2.05) is 0 Å². The number of rotatable bonds is 6. The molecule has 4 rings (SSSR count). The van der Waals surface area contributed by atoms with Gasteiger partial charge in [0.1, 0.15) is 6.73 Å². The van der Waals surface area contributed by atoms with Crippen LogP contribution in [0.1, 0.15) is 24.1 Å². The first-order valence-electron chi connectivity index (χ1n) is 10.2. The van der Waals surface area contributed by atoms with Gasteiger partial charge in [-0.2, -0.15) is 36.7 Å². The zero-order valence-corrected chi connectivity index (χ0v) is 20.5. The van der Waals surface area contributed by atoms with Crippen LogP contribution in [-0.4, -0.2) is 33.8 Å². The highest BCUT2D eigenvalue weighted by Gasteiger charge is 2.75. The van der Waals surface area contributed by atoms with Crippen LogP contribution >= 0.6 is 27.5 Å². The van der Waals surface area contributed by atoms with E-state index >= 15 is 0 Å². The number of nitriles is 1. The van der Waals surface area contributed by atoms with Crippen molar-refractivity contribution in [1.29, 1.82) is 5.26 Å². The maximum atomic E-state index is 14.9. The summed E-state index contributed by atoms with van der Waals surface area (Å²) in [5.74, 6) is -0.321. The normalized spacial score (nSPS) is 15.7. The minimum atomic E-state index is -6.31. The lowest BCUT2D eigenvalue weighted by Gasteiger charge is -2.31. The molecule has 0 atom stereocenters. The molecule has 2 aromatic heterocycles. The topological polar surface area (TPSA) is 55.8 Å². The zero-order valence-electron chi connectivity index (χ0n) is 18.2. The lowest BCUT2D eigenvalue weighted by Crippen LogP contribution is -2.51. The summed E-state index contributed by atoms with van der Waals surface area (Å²) in [7, 11) is 1.04. The second-order valence-corrected chi connectivity index (χ2v) is 9.52. The van der Waals surface area contributed by atoms with Crippen LogP contribution in [-0.2, 0) is 22.6 Å². The fraction of sp³-hybridized carbons (Fsp3) is 0.364. The van der Waals surface area contributed by atoms with E-state index in [1.54, 1.807) is 18.2 Å². The molecule has 5 nitrogen and oxygen atoms in total. The van der Waals surface area contributed by atoms with Gasteiger partial charge in [0.15, 0.2) is 5.82 Å². The third kappa shape index (κ3) is 4.09. The van der Waals surface area contributed by atoms with E-state index in [0.717, 1.165) is 11.8 Å². The summed E-state index contributed by atoms with van der Waals surface area (Å²) in [5, 5.41) is 14.0. The Morgan fingerprint density at radius 3 is 2.28 bits per heavy atom. The fourth-order valence-corrected chi connectivity index (χ4v) is 4.87. The molecule has 1 fully saturated rings. The number of ether oxygens (including phenoxy) is 1. The highest BCUT2D eigenvalue weighted by Crippen LogP contribution is 2.54. The van der Waals surface area contributed by atoms with Gasteiger partial charge in [0.05, 0.1) is 27.8 Å². The Morgan fingerprint density at radius 2 is 1.75 bits per heavy atom. The van der Waals surface area contributed by atoms with E-state index in [-0.39, 0.29) is 10.3 Å². The molecule has 192 valence electrons. The van der Waals surface area contributed by atoms with Crippen molar-refractivity contribution in [2.45, 2.75) is 43.0 Å². The first kappa shape index (κ1) is 26.5. The molecule has 36 heavy (non-hydrogen) atoms. The van der Waals surface area contributed by atoms with Crippen LogP contribution in [0.2, 0.25) is 5.02 Å². The van der Waals surface area contributed by atoms with Crippen molar-refractivity contribution in [2.24, 2.45) is 0 Å². The summed E-state index contributed by atoms with van der Waals surface area (Å²) in [5.41, 5.74) is -6.49. The summed E-state index contributed by atoms with van der Waals surface area (Å²) >= 11 is 9.21. The molecule has 3 aromatic rings. The molecule has 1 saturated carbocycles. The molecule has 1 aliphatic rings. The van der Waals surface area contributed by atoms with E-state index in [9.17, 15) is 36.0 Å². The Hall–Kier alpha value is -2.56. The number of hydrogen-bond acceptors (Lipinski definition) is 3. The van der Waals surface area contributed by atoms with E-state index in [0.29, 0.717) is 45.2 Å². The van der Waals surface area contributed by atoms with Crippen LogP contribution in [0.4, 0.5) is 30.7 Å². The number of hydrogen-bond donors (Lipinski definition) is 0. The zero-order chi connectivity index (χ0) is 26.7. The van der Waals surface area contributed by atoms with Crippen LogP contribution in [0.25, 0.3) is 16.9 Å². The molecule has 14 heteroatoms. The van der Waals surface area contributed by atoms with Crippen LogP contribution in [0.5, 0.6) is 0 Å². The van der Waals surface area contributed by atoms with Gasteiger partial charge in [0.25, 0.3) is 0 Å². The van der Waals surface area contributed by atoms with Crippen LogP contribution in [0.3, 0.4) is 0 Å². The minimum Gasteiger partial charge on any atom is -0.364 e. The average molecular weight is 600 g/mol. The van der Waals surface area contributed by atoms with Gasteiger partial charge >= 0.3 is 18.0 Å². The predicted molar refractivity (Wildman–Crippen MR) is 118 cm³/mol. The fourth-order valence-electron chi connectivity index (χ4n) is 3.96. The molecule has 0 unspecified atom stereocenters. The molecule has 1 aliphatic carbocycles. The Labute approximate surface area is 213 Å². The average Bonchev–Trinajstić information content (AvgIpc) is 3.32. The molecular formula is C22H15BrClF7N4O. The second kappa shape index (κ2) is 8.78. The predicted octanol–water partition coefficient (Wildman–Crippen LogP) is 7.21. The molecule has 0 aliphatic heterocycles. The van der Waals surface area contributed by atoms with E-state index < -0.39 is 35.9 Å². The summed E-state index contributed by atoms with van der Waals surface area (Å²) < 4.78 is 102. The van der Waals surface area contributed by atoms with E-state index in [1.165, 1.54) is 12.4 Å². The molecule has 0 bridgehead atoms. The molecule has 0 N–H and O–H groups in total. The smallest absolute Gasteiger partial charge is 0.364 e. The van der Waals surface area contributed by atoms with Gasteiger partial charge in [-0.1, -0.05) is 17.7 Å². The molecule has 0 radical (unpaired) electrons. The van der Waals surface area contributed by atoms with Crippen molar-refractivity contribution >= 4 is 27.5 Å². The second-order valence-electron chi connectivity index (χ2n) is 8.26. The lowest BCUT2D eigenvalue weighted by molar-refractivity contribution is -0.351. The van der Waals surface area contributed by atoms with Crippen LogP contribution < -0.4 is 0 Å². The standard InChI is InChI=1S/C22H15BrClF7N4O/c1-36-11-34-17(20(25,21(26,27)28)22(29,30)31)7-15(23)18(34)35-9-13(8-33-35)12-2-3-16(24)14(6-12)19(10-32)4-5-19/h2-3,6-9H,4-5,11H2,1H3. The van der Waals surface area contributed by atoms with E-state index in [4.69, 9.17) is 16.3 Å². The lowest BCUT2D eigenvalue weighted by atomic mass is 9.94. The monoisotopic (exact) mass is 598 g/mol. The Kier molecular flexibility index (Phi) is 6.46. The van der Waals surface area contributed by atoms with Gasteiger partial charge < -0.3 is 9.30 Å². The Balaban J connectivity index is 1.84. The number of methoxy groups -OCH3 is 1. The molecule has 1 aromatic carbocycles. The van der Waals surface area contributed by atoms with Gasteiger partial charge in [0.2, 0.25) is 0 Å². The third-order valence-corrected chi connectivity index (χ3v) is 6.91. The largest absolute Gasteiger partial charge is 0.437 e. The van der Waals surface area contributed by atoms with Gasteiger partial charge in [-0.15, -0.1) is 0 Å². The quantitative estimate of drug-likeness (QED) is 0.282. The summed E-state index contributed by atoms with van der Waals surface area (Å²) in [6.07, 6.45) is -8.67. The molecule has 2 heterocycles. The first-order chi connectivity index (χ1) is 16.7. The third-order valence-electron chi connectivity index (χ3n) is 5.99. The molecule has 0 saturated heterocycles. The Bertz CT molecular complexity index is 1340. The number of nitrogens with zero attached hydrogens (tertiary/aromatic N) is 4. The van der Waals surface area contributed by atoms with Crippen LogP contribution in [0.15, 0.2) is 41.1 Å². The molecule has 0 amide bonds. The first-order valence-corrected chi connectivity index (χ1v) is 11.3. The summed E-state index contributed by atoms with van der Waals surface area (Å²) in [6, 6.07) is 7.56. The maximum absolute atomic E-state index is 14.9. The number of aromatic nitrogens is 3. The Morgan fingerprint density at radius 1 is 1.11 bits per heavy atom.